The summed E-state index contributed by atoms with van der Waals surface area (Å²) in [5, 5.41) is 3.39. The molecule has 84 valence electrons. The van der Waals surface area contributed by atoms with Crippen LogP contribution >= 0.6 is 0 Å². The molecule has 2 nitrogen and oxygen atoms in total. The Labute approximate surface area is 89.1 Å². The summed E-state index contributed by atoms with van der Waals surface area (Å²) in [7, 11) is 0. The van der Waals surface area contributed by atoms with Crippen molar-refractivity contribution < 1.29 is 0 Å². The topological polar surface area (TPSA) is 15.3 Å². The van der Waals surface area contributed by atoms with E-state index in [0.717, 1.165) is 18.5 Å². The van der Waals surface area contributed by atoms with Crippen molar-refractivity contribution in [2.75, 3.05) is 26.2 Å². The maximum atomic E-state index is 3.39. The smallest absolute Gasteiger partial charge is 0.00671 e. The second-order valence-electron chi connectivity index (χ2n) is 4.73. The van der Waals surface area contributed by atoms with Gasteiger partial charge in [0.05, 0.1) is 0 Å². The van der Waals surface area contributed by atoms with Gasteiger partial charge in [-0.25, -0.2) is 0 Å². The average Bonchev–Trinajstić information content (AvgIpc) is 2.18. The third-order valence-electron chi connectivity index (χ3n) is 3.30. The molecule has 14 heavy (non-hydrogen) atoms. The molecule has 1 N–H and O–H groups in total. The van der Waals surface area contributed by atoms with Gasteiger partial charge >= 0.3 is 0 Å². The Morgan fingerprint density at radius 2 is 2.07 bits per heavy atom. The highest BCUT2D eigenvalue weighted by Gasteiger charge is 2.21. The van der Waals surface area contributed by atoms with E-state index in [9.17, 15) is 0 Å². The standard InChI is InChI=1S/C12H26N2/c1-4-13-8-5-9-14-10-11(2)6-7-12(14)3/h11-13H,4-10H2,1-3H3. The molecular formula is C12H26N2. The van der Waals surface area contributed by atoms with Crippen LogP contribution in [0.3, 0.4) is 0 Å². The van der Waals surface area contributed by atoms with Gasteiger partial charge in [0.1, 0.15) is 0 Å². The van der Waals surface area contributed by atoms with Gasteiger partial charge in [0.2, 0.25) is 0 Å². The van der Waals surface area contributed by atoms with Crippen molar-refractivity contribution in [1.82, 2.24) is 10.2 Å². The van der Waals surface area contributed by atoms with E-state index < -0.39 is 0 Å². The lowest BCUT2D eigenvalue weighted by atomic mass is 9.95. The van der Waals surface area contributed by atoms with Crippen LogP contribution in [-0.4, -0.2) is 37.1 Å². The number of nitrogens with zero attached hydrogens (tertiary/aromatic N) is 1. The van der Waals surface area contributed by atoms with Crippen molar-refractivity contribution in [2.24, 2.45) is 5.92 Å². The van der Waals surface area contributed by atoms with Crippen molar-refractivity contribution in [3.05, 3.63) is 0 Å². The maximum Gasteiger partial charge on any atom is 0.00671 e. The Kier molecular flexibility index (Phi) is 5.49. The van der Waals surface area contributed by atoms with Crippen LogP contribution in [0.1, 0.15) is 40.0 Å². The quantitative estimate of drug-likeness (QED) is 0.681. The van der Waals surface area contributed by atoms with E-state index in [-0.39, 0.29) is 0 Å². The molecule has 2 heteroatoms. The monoisotopic (exact) mass is 198 g/mol. The molecular weight excluding hydrogens is 172 g/mol. The second-order valence-corrected chi connectivity index (χ2v) is 4.73. The van der Waals surface area contributed by atoms with Crippen LogP contribution in [0.15, 0.2) is 0 Å². The van der Waals surface area contributed by atoms with E-state index in [1.807, 2.05) is 0 Å². The van der Waals surface area contributed by atoms with Crippen LogP contribution in [0.2, 0.25) is 0 Å². The third kappa shape index (κ3) is 3.97. The summed E-state index contributed by atoms with van der Waals surface area (Å²) in [4.78, 5) is 2.66. The first kappa shape index (κ1) is 12.0. The molecule has 2 atom stereocenters. The number of rotatable bonds is 5. The largest absolute Gasteiger partial charge is 0.317 e. The average molecular weight is 198 g/mol. The lowest BCUT2D eigenvalue weighted by molar-refractivity contribution is 0.123. The zero-order valence-electron chi connectivity index (χ0n) is 10.1. The molecule has 0 saturated carbocycles. The molecule has 1 heterocycles. The Morgan fingerprint density at radius 1 is 1.29 bits per heavy atom. The van der Waals surface area contributed by atoms with Crippen LogP contribution in [0, 0.1) is 5.92 Å². The highest BCUT2D eigenvalue weighted by atomic mass is 15.2. The van der Waals surface area contributed by atoms with Gasteiger partial charge in [-0.1, -0.05) is 13.8 Å². The van der Waals surface area contributed by atoms with Gasteiger partial charge in [0, 0.05) is 12.6 Å². The van der Waals surface area contributed by atoms with Crippen molar-refractivity contribution in [3.8, 4) is 0 Å². The number of piperidine rings is 1. The summed E-state index contributed by atoms with van der Waals surface area (Å²) in [6, 6.07) is 0.813. The molecule has 0 aromatic heterocycles. The van der Waals surface area contributed by atoms with Gasteiger partial charge in [-0.3, -0.25) is 0 Å². The molecule has 0 bridgehead atoms. The minimum Gasteiger partial charge on any atom is -0.317 e. The first-order valence-corrected chi connectivity index (χ1v) is 6.18. The molecule has 0 aliphatic carbocycles. The molecule has 1 fully saturated rings. The summed E-state index contributed by atoms with van der Waals surface area (Å²) < 4.78 is 0. The fourth-order valence-electron chi connectivity index (χ4n) is 2.28. The molecule has 1 aliphatic heterocycles. The van der Waals surface area contributed by atoms with Crippen LogP contribution in [-0.2, 0) is 0 Å². The number of nitrogens with one attached hydrogen (secondary N) is 1. The molecule has 0 radical (unpaired) electrons. The number of hydrogen-bond acceptors (Lipinski definition) is 2. The fourth-order valence-corrected chi connectivity index (χ4v) is 2.28. The van der Waals surface area contributed by atoms with Crippen LogP contribution in [0.5, 0.6) is 0 Å². The van der Waals surface area contributed by atoms with Crippen molar-refractivity contribution in [1.29, 1.82) is 0 Å². The molecule has 2 unspecified atom stereocenters. The lowest BCUT2D eigenvalue weighted by Crippen LogP contribution is -2.42. The summed E-state index contributed by atoms with van der Waals surface area (Å²) in [6.45, 7) is 11.8. The van der Waals surface area contributed by atoms with Gasteiger partial charge in [0.15, 0.2) is 0 Å². The first-order chi connectivity index (χ1) is 6.74. The SMILES string of the molecule is CCNCCCN1CC(C)CCC1C. The van der Waals surface area contributed by atoms with E-state index in [2.05, 4.69) is 31.0 Å². The summed E-state index contributed by atoms with van der Waals surface area (Å²) in [5.41, 5.74) is 0. The first-order valence-electron chi connectivity index (χ1n) is 6.18. The lowest BCUT2D eigenvalue weighted by Gasteiger charge is -2.36. The molecule has 1 aliphatic rings. The minimum absolute atomic E-state index is 0.813. The van der Waals surface area contributed by atoms with E-state index >= 15 is 0 Å². The molecule has 1 saturated heterocycles. The third-order valence-corrected chi connectivity index (χ3v) is 3.30. The molecule has 1 rings (SSSR count). The molecule has 0 spiro atoms. The summed E-state index contributed by atoms with van der Waals surface area (Å²) >= 11 is 0. The maximum absolute atomic E-state index is 3.39. The molecule has 0 aromatic rings. The van der Waals surface area contributed by atoms with E-state index in [0.29, 0.717) is 0 Å². The molecule has 0 amide bonds. The van der Waals surface area contributed by atoms with Crippen molar-refractivity contribution >= 4 is 0 Å². The van der Waals surface area contributed by atoms with Gasteiger partial charge in [-0.2, -0.15) is 0 Å². The van der Waals surface area contributed by atoms with Gasteiger partial charge < -0.3 is 10.2 Å². The van der Waals surface area contributed by atoms with E-state index in [1.54, 1.807) is 0 Å². The molecule has 0 aromatic carbocycles. The Morgan fingerprint density at radius 3 is 2.79 bits per heavy atom. The zero-order valence-corrected chi connectivity index (χ0v) is 10.1. The second kappa shape index (κ2) is 6.41. The van der Waals surface area contributed by atoms with Crippen molar-refractivity contribution in [3.63, 3.8) is 0 Å². The van der Waals surface area contributed by atoms with Crippen LogP contribution < -0.4 is 5.32 Å². The fraction of sp³-hybridized carbons (Fsp3) is 1.00. The Balaban J connectivity index is 2.14. The normalized spacial score (nSPS) is 29.4. The van der Waals surface area contributed by atoms with Crippen LogP contribution in [0.25, 0.3) is 0 Å². The number of hydrogen-bond donors (Lipinski definition) is 1. The summed E-state index contributed by atoms with van der Waals surface area (Å²) in [6.07, 6.45) is 4.11. The van der Waals surface area contributed by atoms with E-state index in [4.69, 9.17) is 0 Å². The van der Waals surface area contributed by atoms with Gasteiger partial charge in [0.25, 0.3) is 0 Å². The highest BCUT2D eigenvalue weighted by Crippen LogP contribution is 2.20. The minimum atomic E-state index is 0.813. The van der Waals surface area contributed by atoms with Gasteiger partial charge in [-0.15, -0.1) is 0 Å². The summed E-state index contributed by atoms with van der Waals surface area (Å²) in [5.74, 6) is 0.908. The Hall–Kier alpha value is -0.0800. The number of likely N-dealkylation sites (tertiary alicyclic amines) is 1. The predicted molar refractivity (Wildman–Crippen MR) is 62.6 cm³/mol. The predicted octanol–water partition coefficient (Wildman–Crippen LogP) is 2.11. The highest BCUT2D eigenvalue weighted by molar-refractivity contribution is 4.76. The van der Waals surface area contributed by atoms with Gasteiger partial charge in [-0.05, 0) is 51.7 Å². The van der Waals surface area contributed by atoms with Crippen LogP contribution in [0.4, 0.5) is 0 Å². The zero-order chi connectivity index (χ0) is 10.4. The van der Waals surface area contributed by atoms with Crippen molar-refractivity contribution in [2.45, 2.75) is 46.1 Å². The van der Waals surface area contributed by atoms with E-state index in [1.165, 1.54) is 38.9 Å². The Bertz CT molecular complexity index is 147.